The number of ether oxygens (including phenoxy) is 1. The molecule has 1 N–H and O–H groups in total. The number of hydrogen-bond acceptors (Lipinski definition) is 8. The van der Waals surface area contributed by atoms with Gasteiger partial charge in [-0.2, -0.15) is 5.10 Å². The molecule has 28 heavy (non-hydrogen) atoms. The lowest BCUT2D eigenvalue weighted by atomic mass is 10.1. The Kier molecular flexibility index (Phi) is 5.30. The minimum absolute atomic E-state index is 0.0220. The summed E-state index contributed by atoms with van der Waals surface area (Å²) in [6, 6.07) is 13.4. The number of anilines is 1. The van der Waals surface area contributed by atoms with Crippen molar-refractivity contribution in [1.82, 2.24) is 0 Å². The molecule has 0 amide bonds. The topological polar surface area (TPSA) is 133 Å². The van der Waals surface area contributed by atoms with Crippen LogP contribution in [0.2, 0.25) is 0 Å². The maximum Gasteiger partial charge on any atom is 0.284 e. The van der Waals surface area contributed by atoms with E-state index in [1.165, 1.54) is 43.7 Å². The molecule has 0 spiro atoms. The second-order valence-electron chi connectivity index (χ2n) is 5.52. The molecule has 0 atom stereocenters. The summed E-state index contributed by atoms with van der Waals surface area (Å²) in [5.74, 6) is 1.05. The first-order valence-electron chi connectivity index (χ1n) is 7.94. The Morgan fingerprint density at radius 3 is 2.43 bits per heavy atom. The third kappa shape index (κ3) is 4.12. The first kappa shape index (κ1) is 18.6. The number of benzene rings is 2. The molecule has 0 aliphatic heterocycles. The van der Waals surface area contributed by atoms with E-state index in [1.54, 1.807) is 24.3 Å². The van der Waals surface area contributed by atoms with Gasteiger partial charge in [0.15, 0.2) is 0 Å². The van der Waals surface area contributed by atoms with Crippen LogP contribution >= 0.6 is 0 Å². The molecule has 10 heteroatoms. The number of nitro groups is 2. The quantitative estimate of drug-likeness (QED) is 0.367. The molecule has 0 saturated heterocycles. The van der Waals surface area contributed by atoms with E-state index in [1.807, 2.05) is 0 Å². The summed E-state index contributed by atoms with van der Waals surface area (Å²) >= 11 is 0. The van der Waals surface area contributed by atoms with Gasteiger partial charge in [0.1, 0.15) is 17.3 Å². The number of hydrogen-bond donors (Lipinski definition) is 1. The van der Waals surface area contributed by atoms with Crippen molar-refractivity contribution in [2.24, 2.45) is 5.10 Å². The fourth-order valence-corrected chi connectivity index (χ4v) is 2.39. The molecule has 1 heterocycles. The number of nitrogens with zero attached hydrogens (tertiary/aromatic N) is 3. The van der Waals surface area contributed by atoms with Crippen LogP contribution in [0.15, 0.2) is 64.1 Å². The fraction of sp³-hybridized carbons (Fsp3) is 0.0556. The van der Waals surface area contributed by atoms with Crippen LogP contribution in [0.25, 0.3) is 11.3 Å². The van der Waals surface area contributed by atoms with Crippen LogP contribution in [0.1, 0.15) is 5.76 Å². The van der Waals surface area contributed by atoms with Crippen LogP contribution in [0, 0.1) is 20.2 Å². The average Bonchev–Trinajstić information content (AvgIpc) is 3.16. The van der Waals surface area contributed by atoms with Crippen molar-refractivity contribution in [2.75, 3.05) is 12.5 Å². The molecule has 1 aromatic heterocycles. The van der Waals surface area contributed by atoms with Crippen molar-refractivity contribution in [2.45, 2.75) is 0 Å². The SMILES string of the molecule is COc1ccc(-c2ccc(/C=N\Nc3ccc([N+](=O)[O-])cc3)o2)c([N+](=O)[O-])c1. The van der Waals surface area contributed by atoms with Gasteiger partial charge in [-0.25, -0.2) is 0 Å². The zero-order valence-corrected chi connectivity index (χ0v) is 14.6. The lowest BCUT2D eigenvalue weighted by Crippen LogP contribution is -1.93. The Morgan fingerprint density at radius 2 is 1.79 bits per heavy atom. The zero-order chi connectivity index (χ0) is 20.1. The van der Waals surface area contributed by atoms with Gasteiger partial charge in [0.2, 0.25) is 0 Å². The van der Waals surface area contributed by atoms with E-state index in [0.717, 1.165) is 0 Å². The Hall–Kier alpha value is -4.21. The van der Waals surface area contributed by atoms with Crippen molar-refractivity contribution in [3.63, 3.8) is 0 Å². The second kappa shape index (κ2) is 7.99. The van der Waals surface area contributed by atoms with Gasteiger partial charge in [0.25, 0.3) is 11.4 Å². The monoisotopic (exact) mass is 382 g/mol. The molecule has 0 radical (unpaired) electrons. The van der Waals surface area contributed by atoms with E-state index in [9.17, 15) is 20.2 Å². The van der Waals surface area contributed by atoms with Crippen molar-refractivity contribution >= 4 is 23.3 Å². The minimum atomic E-state index is -0.510. The highest BCUT2D eigenvalue weighted by molar-refractivity contribution is 5.79. The molecule has 0 saturated carbocycles. The molecule has 2 aromatic carbocycles. The van der Waals surface area contributed by atoms with Gasteiger partial charge in [0.05, 0.1) is 40.5 Å². The molecule has 0 fully saturated rings. The van der Waals surface area contributed by atoms with E-state index in [2.05, 4.69) is 10.5 Å². The van der Waals surface area contributed by atoms with Gasteiger partial charge in [-0.1, -0.05) is 0 Å². The van der Waals surface area contributed by atoms with Crippen LogP contribution in [0.3, 0.4) is 0 Å². The maximum absolute atomic E-state index is 11.3. The predicted octanol–water partition coefficient (Wildman–Crippen LogP) is 4.22. The number of furan rings is 1. The van der Waals surface area contributed by atoms with Crippen molar-refractivity contribution in [3.8, 4) is 17.1 Å². The van der Waals surface area contributed by atoms with E-state index >= 15 is 0 Å². The van der Waals surface area contributed by atoms with Crippen molar-refractivity contribution in [1.29, 1.82) is 0 Å². The van der Waals surface area contributed by atoms with Gasteiger partial charge in [-0.15, -0.1) is 0 Å². The molecule has 0 aliphatic rings. The van der Waals surface area contributed by atoms with Gasteiger partial charge in [-0.05, 0) is 36.4 Å². The Labute approximate surface area is 158 Å². The summed E-state index contributed by atoms with van der Waals surface area (Å²) in [5.41, 5.74) is 3.42. The standard InChI is InChI=1S/C18H14N4O6/c1-27-14-6-8-16(17(10-14)22(25)26)18-9-7-15(28-18)11-19-20-12-2-4-13(5-3-12)21(23)24/h2-11,20H,1H3/b19-11-. The largest absolute Gasteiger partial charge is 0.497 e. The van der Waals surface area contributed by atoms with Crippen molar-refractivity contribution < 1.29 is 19.0 Å². The lowest BCUT2D eigenvalue weighted by Gasteiger charge is -2.03. The normalized spacial score (nSPS) is 10.8. The summed E-state index contributed by atoms with van der Waals surface area (Å²) < 4.78 is 10.6. The molecule has 0 unspecified atom stereocenters. The smallest absolute Gasteiger partial charge is 0.284 e. The third-order valence-electron chi connectivity index (χ3n) is 3.76. The van der Waals surface area contributed by atoms with E-state index in [-0.39, 0.29) is 11.4 Å². The number of nitro benzene ring substituents is 2. The van der Waals surface area contributed by atoms with E-state index in [4.69, 9.17) is 9.15 Å². The first-order valence-corrected chi connectivity index (χ1v) is 7.94. The zero-order valence-electron chi connectivity index (χ0n) is 14.6. The van der Waals surface area contributed by atoms with Crippen molar-refractivity contribution in [3.05, 3.63) is 80.6 Å². The molecule has 142 valence electrons. The summed E-state index contributed by atoms with van der Waals surface area (Å²) in [6.07, 6.45) is 1.39. The molecule has 3 aromatic rings. The average molecular weight is 382 g/mol. The van der Waals surface area contributed by atoms with Gasteiger partial charge < -0.3 is 9.15 Å². The maximum atomic E-state index is 11.3. The van der Waals surface area contributed by atoms with Crippen LogP contribution in [-0.2, 0) is 0 Å². The summed E-state index contributed by atoms with van der Waals surface area (Å²) in [5, 5.41) is 25.9. The van der Waals surface area contributed by atoms with Gasteiger partial charge in [-0.3, -0.25) is 25.7 Å². The van der Waals surface area contributed by atoms with Gasteiger partial charge in [0, 0.05) is 12.1 Å². The van der Waals surface area contributed by atoms with Crippen LogP contribution < -0.4 is 10.2 Å². The van der Waals surface area contributed by atoms with Gasteiger partial charge >= 0.3 is 0 Å². The number of methoxy groups -OCH3 is 1. The Balaban J connectivity index is 1.74. The Morgan fingerprint density at radius 1 is 1.04 bits per heavy atom. The second-order valence-corrected chi connectivity index (χ2v) is 5.52. The van der Waals surface area contributed by atoms with Crippen LogP contribution in [0.4, 0.5) is 17.1 Å². The Bertz CT molecular complexity index is 1040. The van der Waals surface area contributed by atoms with E-state index < -0.39 is 9.85 Å². The molecule has 0 bridgehead atoms. The molecule has 10 nitrogen and oxygen atoms in total. The van der Waals surface area contributed by atoms with Crippen LogP contribution in [-0.4, -0.2) is 23.2 Å². The van der Waals surface area contributed by atoms with Crippen LogP contribution in [0.5, 0.6) is 5.75 Å². The molecular formula is C18H14N4O6. The number of nitrogens with one attached hydrogen (secondary N) is 1. The summed E-state index contributed by atoms with van der Waals surface area (Å²) in [4.78, 5) is 20.9. The number of non-ortho nitro benzene ring substituents is 1. The molecule has 0 aliphatic carbocycles. The lowest BCUT2D eigenvalue weighted by molar-refractivity contribution is -0.384. The first-order chi connectivity index (χ1) is 13.5. The number of rotatable bonds is 7. The highest BCUT2D eigenvalue weighted by Gasteiger charge is 2.19. The summed E-state index contributed by atoms with van der Waals surface area (Å²) in [6.45, 7) is 0. The molecule has 3 rings (SSSR count). The summed E-state index contributed by atoms with van der Waals surface area (Å²) in [7, 11) is 1.43. The fourth-order valence-electron chi connectivity index (χ4n) is 2.39. The highest BCUT2D eigenvalue weighted by atomic mass is 16.6. The number of hydrazone groups is 1. The predicted molar refractivity (Wildman–Crippen MR) is 102 cm³/mol. The minimum Gasteiger partial charge on any atom is -0.497 e. The third-order valence-corrected chi connectivity index (χ3v) is 3.76. The molecular weight excluding hydrogens is 368 g/mol. The van der Waals surface area contributed by atoms with E-state index in [0.29, 0.717) is 28.5 Å². The highest BCUT2D eigenvalue weighted by Crippen LogP contribution is 2.33.